The molecule has 2 aromatic carbocycles. The van der Waals surface area contributed by atoms with Crippen LogP contribution in [0.25, 0.3) is 5.70 Å². The van der Waals surface area contributed by atoms with E-state index in [1.54, 1.807) is 6.92 Å². The van der Waals surface area contributed by atoms with Crippen molar-refractivity contribution in [2.45, 2.75) is 44.8 Å². The maximum atomic E-state index is 13.0. The number of ether oxygens (including phenoxy) is 2. The van der Waals surface area contributed by atoms with Crippen LogP contribution in [0.15, 0.2) is 60.2 Å². The van der Waals surface area contributed by atoms with Crippen LogP contribution in [0.2, 0.25) is 0 Å². The van der Waals surface area contributed by atoms with E-state index in [0.29, 0.717) is 22.6 Å². The molecular weight excluding hydrogens is 380 g/mol. The van der Waals surface area contributed by atoms with Crippen LogP contribution in [0.3, 0.4) is 0 Å². The van der Waals surface area contributed by atoms with Crippen molar-refractivity contribution in [2.24, 2.45) is 0 Å². The first kappa shape index (κ1) is 20.0. The molecule has 2 aromatic rings. The summed E-state index contributed by atoms with van der Waals surface area (Å²) in [5.41, 5.74) is 2.29. The van der Waals surface area contributed by atoms with Gasteiger partial charge in [-0.2, -0.15) is 0 Å². The number of urea groups is 1. The molecule has 1 atom stereocenters. The molecule has 4 rings (SSSR count). The molecule has 30 heavy (non-hydrogen) atoms. The van der Waals surface area contributed by atoms with Crippen molar-refractivity contribution in [2.75, 3.05) is 6.61 Å². The van der Waals surface area contributed by atoms with Crippen molar-refractivity contribution in [3.63, 3.8) is 0 Å². The van der Waals surface area contributed by atoms with Crippen LogP contribution in [0.5, 0.6) is 5.75 Å². The number of para-hydroxylation sites is 1. The van der Waals surface area contributed by atoms with Gasteiger partial charge >= 0.3 is 12.0 Å². The number of benzene rings is 2. The second-order valence-corrected chi connectivity index (χ2v) is 7.47. The van der Waals surface area contributed by atoms with Crippen LogP contribution >= 0.6 is 0 Å². The summed E-state index contributed by atoms with van der Waals surface area (Å²) >= 11 is 0. The first-order valence-electron chi connectivity index (χ1n) is 10.5. The molecule has 0 spiro atoms. The molecule has 156 valence electrons. The fraction of sp³-hybridized carbons (Fsp3) is 0.333. The molecule has 0 aromatic heterocycles. The number of nitrogens with one attached hydrogen (secondary N) is 2. The van der Waals surface area contributed by atoms with E-state index in [2.05, 4.69) is 10.6 Å². The normalized spacial score (nSPS) is 19.2. The summed E-state index contributed by atoms with van der Waals surface area (Å²) in [6.07, 6.45) is 4.48. The van der Waals surface area contributed by atoms with Crippen molar-refractivity contribution in [3.8, 4) is 5.75 Å². The number of hydrogen-bond acceptors (Lipinski definition) is 4. The Morgan fingerprint density at radius 2 is 1.73 bits per heavy atom. The van der Waals surface area contributed by atoms with Crippen LogP contribution < -0.4 is 15.4 Å². The van der Waals surface area contributed by atoms with Crippen molar-refractivity contribution in [1.82, 2.24) is 10.6 Å². The highest BCUT2D eigenvalue weighted by Gasteiger charge is 2.35. The van der Waals surface area contributed by atoms with Crippen molar-refractivity contribution < 1.29 is 19.1 Å². The smallest absolute Gasteiger partial charge is 0.338 e. The first-order chi connectivity index (χ1) is 14.7. The zero-order valence-electron chi connectivity index (χ0n) is 17.0. The number of esters is 1. The summed E-state index contributed by atoms with van der Waals surface area (Å²) in [4.78, 5) is 25.6. The van der Waals surface area contributed by atoms with Gasteiger partial charge in [-0.3, -0.25) is 0 Å². The molecule has 1 fully saturated rings. The Bertz CT molecular complexity index is 949. The highest BCUT2D eigenvalue weighted by Crippen LogP contribution is 2.36. The summed E-state index contributed by atoms with van der Waals surface area (Å²) < 4.78 is 11.6. The minimum atomic E-state index is -0.617. The average Bonchev–Trinajstić information content (AvgIpc) is 3.27. The predicted octanol–water partition coefficient (Wildman–Crippen LogP) is 4.34. The molecule has 2 aliphatic rings. The van der Waals surface area contributed by atoms with E-state index in [9.17, 15) is 9.59 Å². The Balaban J connectivity index is 1.83. The van der Waals surface area contributed by atoms with Gasteiger partial charge in [-0.25, -0.2) is 9.59 Å². The molecule has 2 N–H and O–H groups in total. The lowest BCUT2D eigenvalue weighted by Gasteiger charge is -2.30. The van der Waals surface area contributed by atoms with Gasteiger partial charge in [-0.05, 0) is 50.3 Å². The van der Waals surface area contributed by atoms with E-state index in [0.717, 1.165) is 31.2 Å². The summed E-state index contributed by atoms with van der Waals surface area (Å²) in [5, 5.41) is 5.70. The number of rotatable bonds is 6. The van der Waals surface area contributed by atoms with Gasteiger partial charge in [0.15, 0.2) is 0 Å². The molecule has 6 heteroatoms. The summed E-state index contributed by atoms with van der Waals surface area (Å²) in [6.45, 7) is 2.01. The quantitative estimate of drug-likeness (QED) is 0.700. The first-order valence-corrected chi connectivity index (χ1v) is 10.5. The topological polar surface area (TPSA) is 76.7 Å². The Morgan fingerprint density at radius 3 is 2.47 bits per heavy atom. The number of amides is 2. The Morgan fingerprint density at radius 1 is 1.03 bits per heavy atom. The fourth-order valence-electron chi connectivity index (χ4n) is 4.06. The number of hydrogen-bond donors (Lipinski definition) is 2. The molecule has 2 amide bonds. The Kier molecular flexibility index (Phi) is 6.02. The number of carbonyl (C=O) groups is 2. The zero-order valence-corrected chi connectivity index (χ0v) is 17.0. The monoisotopic (exact) mass is 406 g/mol. The highest BCUT2D eigenvalue weighted by atomic mass is 16.5. The fourth-order valence-corrected chi connectivity index (χ4v) is 4.06. The molecule has 1 aliphatic heterocycles. The second-order valence-electron chi connectivity index (χ2n) is 7.47. The number of carbonyl (C=O) groups excluding carboxylic acids is 2. The third-order valence-corrected chi connectivity index (χ3v) is 5.45. The van der Waals surface area contributed by atoms with Gasteiger partial charge in [0.25, 0.3) is 0 Å². The lowest BCUT2D eigenvalue weighted by atomic mass is 9.92. The maximum absolute atomic E-state index is 13.0. The van der Waals surface area contributed by atoms with E-state index >= 15 is 0 Å². The molecule has 1 unspecified atom stereocenters. The minimum Gasteiger partial charge on any atom is -0.490 e. The molecular formula is C24H26N2O4. The summed E-state index contributed by atoms with van der Waals surface area (Å²) in [6, 6.07) is 16.0. The lowest BCUT2D eigenvalue weighted by molar-refractivity contribution is -0.138. The van der Waals surface area contributed by atoms with Crippen LogP contribution in [0.1, 0.15) is 49.8 Å². The molecule has 6 nitrogen and oxygen atoms in total. The molecule has 1 heterocycles. The molecule has 1 aliphatic carbocycles. The van der Waals surface area contributed by atoms with E-state index < -0.39 is 12.0 Å². The van der Waals surface area contributed by atoms with Gasteiger partial charge in [-0.1, -0.05) is 42.5 Å². The minimum absolute atomic E-state index is 0.153. The van der Waals surface area contributed by atoms with Gasteiger partial charge in [0.05, 0.1) is 30.0 Å². The standard InChI is InChI=1S/C24H26N2O4/c1-2-29-23(27)20-21(16-10-4-3-5-11-16)25-24(28)26-22(20)18-14-8-9-15-19(18)30-17-12-6-7-13-17/h3-5,8-11,14-15,17,21H,2,6-7,12-13H2,1H3,(H2,25,26,28). The van der Waals surface area contributed by atoms with Crippen LogP contribution in [0.4, 0.5) is 4.79 Å². The van der Waals surface area contributed by atoms with Gasteiger partial charge in [0.1, 0.15) is 5.75 Å². The Hall–Kier alpha value is -3.28. The molecule has 0 saturated heterocycles. The third kappa shape index (κ3) is 4.17. The maximum Gasteiger partial charge on any atom is 0.338 e. The predicted molar refractivity (Wildman–Crippen MR) is 114 cm³/mol. The van der Waals surface area contributed by atoms with E-state index in [1.165, 1.54) is 0 Å². The SMILES string of the molecule is CCOC(=O)C1=C(c2ccccc2OC2CCCC2)NC(=O)NC1c1ccccc1. The summed E-state index contributed by atoms with van der Waals surface area (Å²) in [5.74, 6) is 0.194. The third-order valence-electron chi connectivity index (χ3n) is 5.45. The second kappa shape index (κ2) is 9.03. The van der Waals surface area contributed by atoms with Crippen LogP contribution in [-0.2, 0) is 9.53 Å². The van der Waals surface area contributed by atoms with Gasteiger partial charge in [0, 0.05) is 5.56 Å². The van der Waals surface area contributed by atoms with Crippen LogP contribution in [-0.4, -0.2) is 24.7 Å². The van der Waals surface area contributed by atoms with Crippen molar-refractivity contribution in [3.05, 3.63) is 71.3 Å². The molecule has 0 radical (unpaired) electrons. The van der Waals surface area contributed by atoms with E-state index in [4.69, 9.17) is 9.47 Å². The highest BCUT2D eigenvalue weighted by molar-refractivity contribution is 6.05. The largest absolute Gasteiger partial charge is 0.490 e. The Labute approximate surface area is 176 Å². The molecule has 0 bridgehead atoms. The lowest BCUT2D eigenvalue weighted by Crippen LogP contribution is -2.45. The molecule has 1 saturated carbocycles. The van der Waals surface area contributed by atoms with Gasteiger partial charge < -0.3 is 20.1 Å². The average molecular weight is 406 g/mol. The van der Waals surface area contributed by atoms with Crippen LogP contribution in [0, 0.1) is 0 Å². The van der Waals surface area contributed by atoms with Gasteiger partial charge in [-0.15, -0.1) is 0 Å². The van der Waals surface area contributed by atoms with E-state index in [1.807, 2.05) is 54.6 Å². The van der Waals surface area contributed by atoms with Crippen molar-refractivity contribution in [1.29, 1.82) is 0 Å². The zero-order chi connectivity index (χ0) is 20.9. The van der Waals surface area contributed by atoms with Crippen molar-refractivity contribution >= 4 is 17.7 Å². The van der Waals surface area contributed by atoms with E-state index in [-0.39, 0.29) is 18.7 Å². The summed E-state index contributed by atoms with van der Waals surface area (Å²) in [7, 11) is 0. The van der Waals surface area contributed by atoms with Gasteiger partial charge in [0.2, 0.25) is 0 Å².